The fraction of sp³-hybridized carbons (Fsp3) is 0.417. The van der Waals surface area contributed by atoms with Gasteiger partial charge in [0.1, 0.15) is 5.75 Å². The first-order chi connectivity index (χ1) is 7.60. The van der Waals surface area contributed by atoms with Crippen molar-refractivity contribution >= 4 is 5.91 Å². The number of benzene rings is 1. The number of amides is 1. The Bertz CT molecular complexity index is 389. The maximum atomic E-state index is 11.0. The molecule has 1 rings (SSSR count). The van der Waals surface area contributed by atoms with E-state index in [1.165, 1.54) is 5.56 Å². The molecule has 0 spiro atoms. The minimum Gasteiger partial charge on any atom is -0.496 e. The molecule has 0 aromatic heterocycles. The van der Waals surface area contributed by atoms with Crippen LogP contribution in [-0.4, -0.2) is 13.0 Å². The molecule has 0 aliphatic rings. The third-order valence-electron chi connectivity index (χ3n) is 2.85. The van der Waals surface area contributed by atoms with Crippen LogP contribution in [-0.2, 0) is 11.2 Å². The molecule has 0 bridgehead atoms. The predicted molar refractivity (Wildman–Crippen MR) is 63.1 cm³/mol. The lowest BCUT2D eigenvalue weighted by Gasteiger charge is -2.12. The maximum absolute atomic E-state index is 11.0. The van der Waals surface area contributed by atoms with Crippen molar-refractivity contribution < 1.29 is 9.53 Å². The number of nitrogens with one attached hydrogen (secondary N) is 1. The van der Waals surface area contributed by atoms with Crippen LogP contribution in [0.25, 0.3) is 0 Å². The van der Waals surface area contributed by atoms with Crippen molar-refractivity contribution in [2.24, 2.45) is 5.84 Å². The van der Waals surface area contributed by atoms with Crippen molar-refractivity contribution in [3.63, 3.8) is 0 Å². The number of carbonyl (C=O) groups is 1. The quantitative estimate of drug-likeness (QED) is 0.457. The molecule has 0 unspecified atom stereocenters. The first-order valence-corrected chi connectivity index (χ1v) is 5.22. The molecule has 88 valence electrons. The Morgan fingerprint density at radius 3 is 2.62 bits per heavy atom. The van der Waals surface area contributed by atoms with Crippen LogP contribution in [0.4, 0.5) is 0 Å². The molecular weight excluding hydrogens is 204 g/mol. The standard InChI is InChI=1S/C12H18N2O2/c1-8-9(2)11(16-3)6-4-10(8)5-7-12(15)14-13/h4,6H,5,7,13H2,1-3H3,(H,14,15). The third kappa shape index (κ3) is 2.73. The molecule has 1 amide bonds. The summed E-state index contributed by atoms with van der Waals surface area (Å²) in [6.45, 7) is 4.05. The zero-order chi connectivity index (χ0) is 12.1. The van der Waals surface area contributed by atoms with Crippen molar-refractivity contribution in [1.82, 2.24) is 5.43 Å². The zero-order valence-electron chi connectivity index (χ0n) is 9.96. The van der Waals surface area contributed by atoms with Gasteiger partial charge in [-0.1, -0.05) is 6.07 Å². The fourth-order valence-electron chi connectivity index (χ4n) is 1.66. The van der Waals surface area contributed by atoms with Gasteiger partial charge in [-0.3, -0.25) is 10.2 Å². The van der Waals surface area contributed by atoms with Crippen LogP contribution in [0.2, 0.25) is 0 Å². The van der Waals surface area contributed by atoms with Gasteiger partial charge in [0, 0.05) is 6.42 Å². The highest BCUT2D eigenvalue weighted by molar-refractivity contribution is 5.75. The molecule has 0 heterocycles. The van der Waals surface area contributed by atoms with Gasteiger partial charge >= 0.3 is 0 Å². The van der Waals surface area contributed by atoms with Crippen LogP contribution in [0, 0.1) is 13.8 Å². The van der Waals surface area contributed by atoms with E-state index in [0.29, 0.717) is 12.8 Å². The second-order valence-electron chi connectivity index (χ2n) is 3.74. The summed E-state index contributed by atoms with van der Waals surface area (Å²) in [5.41, 5.74) is 5.57. The van der Waals surface area contributed by atoms with Gasteiger partial charge in [-0.05, 0) is 43.0 Å². The molecule has 0 radical (unpaired) electrons. The Kier molecular flexibility index (Phi) is 4.31. The van der Waals surface area contributed by atoms with E-state index in [9.17, 15) is 4.79 Å². The van der Waals surface area contributed by atoms with E-state index in [1.807, 2.05) is 26.0 Å². The summed E-state index contributed by atoms with van der Waals surface area (Å²) in [6, 6.07) is 3.92. The third-order valence-corrected chi connectivity index (χ3v) is 2.85. The van der Waals surface area contributed by atoms with Gasteiger partial charge < -0.3 is 4.74 Å². The maximum Gasteiger partial charge on any atom is 0.234 e. The summed E-state index contributed by atoms with van der Waals surface area (Å²) in [4.78, 5) is 11.0. The number of nitrogens with two attached hydrogens (primary N) is 1. The molecule has 0 aliphatic carbocycles. The van der Waals surface area contributed by atoms with E-state index >= 15 is 0 Å². The highest BCUT2D eigenvalue weighted by Crippen LogP contribution is 2.24. The number of carbonyl (C=O) groups excluding carboxylic acids is 1. The van der Waals surface area contributed by atoms with E-state index in [2.05, 4.69) is 5.43 Å². The first kappa shape index (κ1) is 12.5. The Morgan fingerprint density at radius 2 is 2.06 bits per heavy atom. The second kappa shape index (κ2) is 5.51. The van der Waals surface area contributed by atoms with Crippen LogP contribution in [0.5, 0.6) is 5.75 Å². The lowest BCUT2D eigenvalue weighted by Crippen LogP contribution is -2.30. The minimum atomic E-state index is -0.145. The van der Waals surface area contributed by atoms with E-state index in [-0.39, 0.29) is 5.91 Å². The van der Waals surface area contributed by atoms with Crippen LogP contribution in [0.15, 0.2) is 12.1 Å². The largest absolute Gasteiger partial charge is 0.496 e. The molecule has 0 atom stereocenters. The van der Waals surface area contributed by atoms with Gasteiger partial charge in [0.05, 0.1) is 7.11 Å². The van der Waals surface area contributed by atoms with Crippen LogP contribution < -0.4 is 16.0 Å². The van der Waals surface area contributed by atoms with Gasteiger partial charge in [0.15, 0.2) is 0 Å². The van der Waals surface area contributed by atoms with Crippen molar-refractivity contribution in [3.8, 4) is 5.75 Å². The van der Waals surface area contributed by atoms with E-state index < -0.39 is 0 Å². The minimum absolute atomic E-state index is 0.145. The van der Waals surface area contributed by atoms with Gasteiger partial charge in [-0.25, -0.2) is 5.84 Å². The van der Waals surface area contributed by atoms with Crippen molar-refractivity contribution in [2.75, 3.05) is 7.11 Å². The van der Waals surface area contributed by atoms with E-state index in [4.69, 9.17) is 10.6 Å². The Hall–Kier alpha value is -1.55. The van der Waals surface area contributed by atoms with Crippen molar-refractivity contribution in [2.45, 2.75) is 26.7 Å². The van der Waals surface area contributed by atoms with E-state index in [1.54, 1.807) is 7.11 Å². The number of hydrogen-bond donors (Lipinski definition) is 2. The summed E-state index contributed by atoms with van der Waals surface area (Å²) >= 11 is 0. The number of hydrogen-bond acceptors (Lipinski definition) is 3. The molecule has 1 aromatic carbocycles. The average Bonchev–Trinajstić information content (AvgIpc) is 2.30. The predicted octanol–water partition coefficient (Wildman–Crippen LogP) is 1.23. The van der Waals surface area contributed by atoms with Gasteiger partial charge in [-0.2, -0.15) is 0 Å². The molecule has 0 saturated carbocycles. The molecule has 4 heteroatoms. The monoisotopic (exact) mass is 222 g/mol. The summed E-state index contributed by atoms with van der Waals surface area (Å²) in [5, 5.41) is 0. The fourth-order valence-corrected chi connectivity index (χ4v) is 1.66. The Balaban J connectivity index is 2.82. The van der Waals surface area contributed by atoms with Gasteiger partial charge in [0.25, 0.3) is 0 Å². The van der Waals surface area contributed by atoms with E-state index in [0.717, 1.165) is 16.9 Å². The number of rotatable bonds is 4. The molecule has 16 heavy (non-hydrogen) atoms. The number of hydrazine groups is 1. The topological polar surface area (TPSA) is 64.3 Å². The molecule has 0 fully saturated rings. The summed E-state index contributed by atoms with van der Waals surface area (Å²) < 4.78 is 5.23. The summed E-state index contributed by atoms with van der Waals surface area (Å²) in [6.07, 6.45) is 1.10. The Morgan fingerprint density at radius 1 is 1.38 bits per heavy atom. The molecule has 1 aromatic rings. The molecule has 0 saturated heterocycles. The molecule has 3 N–H and O–H groups in total. The highest BCUT2D eigenvalue weighted by Gasteiger charge is 2.07. The highest BCUT2D eigenvalue weighted by atomic mass is 16.5. The normalized spacial score (nSPS) is 10.0. The van der Waals surface area contributed by atoms with Crippen molar-refractivity contribution in [1.29, 1.82) is 0 Å². The lowest BCUT2D eigenvalue weighted by atomic mass is 9.99. The lowest BCUT2D eigenvalue weighted by molar-refractivity contribution is -0.121. The first-order valence-electron chi connectivity index (χ1n) is 5.22. The summed E-state index contributed by atoms with van der Waals surface area (Å²) in [5.74, 6) is 5.76. The molecular formula is C12H18N2O2. The van der Waals surface area contributed by atoms with Crippen LogP contribution in [0.3, 0.4) is 0 Å². The Labute approximate surface area is 95.8 Å². The average molecular weight is 222 g/mol. The number of methoxy groups -OCH3 is 1. The molecule has 0 aliphatic heterocycles. The van der Waals surface area contributed by atoms with Crippen LogP contribution in [0.1, 0.15) is 23.1 Å². The van der Waals surface area contributed by atoms with Crippen molar-refractivity contribution in [3.05, 3.63) is 28.8 Å². The SMILES string of the molecule is COc1ccc(CCC(=O)NN)c(C)c1C. The molecule has 4 nitrogen and oxygen atoms in total. The smallest absolute Gasteiger partial charge is 0.234 e. The zero-order valence-corrected chi connectivity index (χ0v) is 9.96. The van der Waals surface area contributed by atoms with Crippen LogP contribution >= 0.6 is 0 Å². The number of aryl methyl sites for hydroxylation is 1. The summed E-state index contributed by atoms with van der Waals surface area (Å²) in [7, 11) is 1.66. The number of ether oxygens (including phenoxy) is 1. The van der Waals surface area contributed by atoms with Gasteiger partial charge in [0.2, 0.25) is 5.91 Å². The second-order valence-corrected chi connectivity index (χ2v) is 3.74. The van der Waals surface area contributed by atoms with Gasteiger partial charge in [-0.15, -0.1) is 0 Å².